The lowest BCUT2D eigenvalue weighted by Gasteiger charge is -2.21. The van der Waals surface area contributed by atoms with E-state index in [0.717, 1.165) is 17.7 Å². The van der Waals surface area contributed by atoms with Crippen LogP contribution in [0, 0.1) is 0 Å². The van der Waals surface area contributed by atoms with Crippen molar-refractivity contribution >= 4 is 28.9 Å². The van der Waals surface area contributed by atoms with Gasteiger partial charge in [-0.15, -0.1) is 0 Å². The van der Waals surface area contributed by atoms with E-state index >= 15 is 0 Å². The second kappa shape index (κ2) is 9.62. The molecule has 0 spiro atoms. The second-order valence-corrected chi connectivity index (χ2v) is 7.45. The maximum Gasteiger partial charge on any atom is 0.251 e. The summed E-state index contributed by atoms with van der Waals surface area (Å²) in [5.41, 5.74) is 2.16. The van der Waals surface area contributed by atoms with Crippen LogP contribution < -0.4 is 24.8 Å². The minimum absolute atomic E-state index is 0.223. The van der Waals surface area contributed by atoms with Gasteiger partial charge in [-0.2, -0.15) is 0 Å². The van der Waals surface area contributed by atoms with Crippen LogP contribution in [0.1, 0.15) is 18.0 Å². The minimum Gasteiger partial charge on any atom is -0.495 e. The summed E-state index contributed by atoms with van der Waals surface area (Å²) in [6.07, 6.45) is 0.830. The van der Waals surface area contributed by atoms with Crippen LogP contribution in [-0.4, -0.2) is 26.2 Å². The Hall–Kier alpha value is -3.38. The van der Waals surface area contributed by atoms with Crippen molar-refractivity contribution in [2.24, 2.45) is 0 Å². The number of nitrogens with one attached hydrogen (secondary N) is 2. The molecule has 7 heteroatoms. The van der Waals surface area contributed by atoms with Crippen LogP contribution in [0.2, 0.25) is 5.02 Å². The monoisotopic (exact) mass is 438 g/mol. The van der Waals surface area contributed by atoms with E-state index in [1.54, 1.807) is 25.3 Å². The molecule has 0 saturated carbocycles. The molecule has 6 nitrogen and oxygen atoms in total. The molecule has 3 aromatic carbocycles. The summed E-state index contributed by atoms with van der Waals surface area (Å²) in [6, 6.07) is 19.6. The zero-order valence-corrected chi connectivity index (χ0v) is 17.8. The fourth-order valence-electron chi connectivity index (χ4n) is 3.32. The van der Waals surface area contributed by atoms with Crippen molar-refractivity contribution in [2.75, 3.05) is 31.0 Å². The van der Waals surface area contributed by atoms with Gasteiger partial charge in [-0.25, -0.2) is 0 Å². The first kappa shape index (κ1) is 20.9. The first-order valence-electron chi connectivity index (χ1n) is 9.99. The van der Waals surface area contributed by atoms with E-state index in [0.29, 0.717) is 41.2 Å². The number of methoxy groups -OCH3 is 1. The Balaban J connectivity index is 1.58. The van der Waals surface area contributed by atoms with Crippen molar-refractivity contribution in [3.8, 4) is 17.2 Å². The Morgan fingerprint density at radius 3 is 2.45 bits per heavy atom. The number of carbonyl (C=O) groups excluding carboxylic acids is 1. The number of anilines is 2. The van der Waals surface area contributed by atoms with E-state index in [-0.39, 0.29) is 5.91 Å². The topological polar surface area (TPSA) is 68.8 Å². The molecule has 0 radical (unpaired) electrons. The normalized spacial score (nSPS) is 13.6. The van der Waals surface area contributed by atoms with Crippen LogP contribution in [0.5, 0.6) is 17.2 Å². The number of amides is 1. The van der Waals surface area contributed by atoms with E-state index in [2.05, 4.69) is 10.6 Å². The van der Waals surface area contributed by atoms with E-state index in [4.69, 9.17) is 25.8 Å². The van der Waals surface area contributed by atoms with Crippen LogP contribution in [0.3, 0.4) is 0 Å². The van der Waals surface area contributed by atoms with Gasteiger partial charge in [-0.3, -0.25) is 4.79 Å². The van der Waals surface area contributed by atoms with Gasteiger partial charge in [0, 0.05) is 23.9 Å². The smallest absolute Gasteiger partial charge is 0.251 e. The Morgan fingerprint density at radius 1 is 0.968 bits per heavy atom. The number of ether oxygens (including phenoxy) is 3. The molecule has 31 heavy (non-hydrogen) atoms. The summed E-state index contributed by atoms with van der Waals surface area (Å²) in [7, 11) is 1.55. The third-order valence-corrected chi connectivity index (χ3v) is 5.17. The van der Waals surface area contributed by atoms with Gasteiger partial charge in [0.05, 0.1) is 25.3 Å². The van der Waals surface area contributed by atoms with E-state index in [1.807, 2.05) is 48.5 Å². The van der Waals surface area contributed by atoms with Gasteiger partial charge in [0.25, 0.3) is 5.91 Å². The highest BCUT2D eigenvalue weighted by molar-refractivity contribution is 6.32. The highest BCUT2D eigenvalue weighted by atomic mass is 35.5. The number of fused-ring (bicyclic) bond motifs is 1. The van der Waals surface area contributed by atoms with Gasteiger partial charge < -0.3 is 24.8 Å². The highest BCUT2D eigenvalue weighted by Crippen LogP contribution is 2.34. The van der Waals surface area contributed by atoms with Crippen molar-refractivity contribution < 1.29 is 19.0 Å². The number of halogens is 1. The van der Waals surface area contributed by atoms with Crippen molar-refractivity contribution in [1.29, 1.82) is 0 Å². The molecule has 0 bridgehead atoms. The summed E-state index contributed by atoms with van der Waals surface area (Å²) in [5, 5.41) is 6.67. The summed E-state index contributed by atoms with van der Waals surface area (Å²) >= 11 is 6.20. The molecule has 1 unspecified atom stereocenters. The average molecular weight is 439 g/mol. The Labute approximate surface area is 186 Å². The molecule has 3 aromatic rings. The third kappa shape index (κ3) is 5.03. The number of hydrogen-bond donors (Lipinski definition) is 2. The standard InChI is InChI=1S/C24H23ClN2O4/c1-29-20-10-8-17(14-19(20)25)27-24(28)23(16-6-3-2-4-7-16)26-18-9-11-21-22(15-18)31-13-5-12-30-21/h2-4,6-11,14-15,23,26H,5,12-13H2,1H3,(H,27,28). The fourth-order valence-corrected chi connectivity index (χ4v) is 3.58. The van der Waals surface area contributed by atoms with Crippen LogP contribution in [0.25, 0.3) is 0 Å². The molecule has 0 aromatic heterocycles. The molecule has 4 rings (SSSR count). The quantitative estimate of drug-likeness (QED) is 0.546. The molecule has 0 aliphatic carbocycles. The Morgan fingerprint density at radius 2 is 1.71 bits per heavy atom. The predicted octanol–water partition coefficient (Wildman–Crippen LogP) is 5.30. The van der Waals surface area contributed by atoms with Crippen molar-refractivity contribution in [2.45, 2.75) is 12.5 Å². The molecule has 1 aliphatic heterocycles. The summed E-state index contributed by atoms with van der Waals surface area (Å²) in [5.74, 6) is 1.69. The molecular formula is C24H23ClN2O4. The lowest BCUT2D eigenvalue weighted by atomic mass is 10.1. The maximum atomic E-state index is 13.2. The molecule has 1 atom stereocenters. The zero-order chi connectivity index (χ0) is 21.6. The van der Waals surface area contributed by atoms with Gasteiger partial charge >= 0.3 is 0 Å². The van der Waals surface area contributed by atoms with Gasteiger partial charge in [0.15, 0.2) is 11.5 Å². The molecule has 2 N–H and O–H groups in total. The van der Waals surface area contributed by atoms with Gasteiger partial charge in [0.1, 0.15) is 11.8 Å². The van der Waals surface area contributed by atoms with Gasteiger partial charge in [0.2, 0.25) is 0 Å². The van der Waals surface area contributed by atoms with E-state index in [1.165, 1.54) is 0 Å². The van der Waals surface area contributed by atoms with Crippen molar-refractivity contribution in [3.63, 3.8) is 0 Å². The van der Waals surface area contributed by atoms with Crippen molar-refractivity contribution in [3.05, 3.63) is 77.3 Å². The third-order valence-electron chi connectivity index (χ3n) is 4.87. The zero-order valence-electron chi connectivity index (χ0n) is 17.1. The van der Waals surface area contributed by atoms with Crippen LogP contribution >= 0.6 is 11.6 Å². The Kier molecular flexibility index (Phi) is 6.48. The molecule has 1 amide bonds. The SMILES string of the molecule is COc1ccc(NC(=O)C(Nc2ccc3c(c2)OCCCO3)c2ccccc2)cc1Cl. The summed E-state index contributed by atoms with van der Waals surface area (Å²) < 4.78 is 16.6. The molecule has 0 fully saturated rings. The van der Waals surface area contributed by atoms with Crippen LogP contribution in [0.4, 0.5) is 11.4 Å². The fraction of sp³-hybridized carbons (Fsp3) is 0.208. The van der Waals surface area contributed by atoms with Crippen LogP contribution in [0.15, 0.2) is 66.7 Å². The van der Waals surface area contributed by atoms with E-state index < -0.39 is 6.04 Å². The summed E-state index contributed by atoms with van der Waals surface area (Å²) in [6.45, 7) is 1.22. The lowest BCUT2D eigenvalue weighted by Crippen LogP contribution is -2.27. The first-order chi connectivity index (χ1) is 15.1. The van der Waals surface area contributed by atoms with E-state index in [9.17, 15) is 4.79 Å². The van der Waals surface area contributed by atoms with Gasteiger partial charge in [-0.05, 0) is 35.9 Å². The largest absolute Gasteiger partial charge is 0.495 e. The number of carbonyl (C=O) groups is 1. The average Bonchev–Trinajstić information content (AvgIpc) is 3.03. The highest BCUT2D eigenvalue weighted by Gasteiger charge is 2.22. The predicted molar refractivity (Wildman–Crippen MR) is 121 cm³/mol. The van der Waals surface area contributed by atoms with Gasteiger partial charge in [-0.1, -0.05) is 41.9 Å². The molecule has 160 valence electrons. The second-order valence-electron chi connectivity index (χ2n) is 7.04. The molecular weight excluding hydrogens is 416 g/mol. The first-order valence-corrected chi connectivity index (χ1v) is 10.4. The minimum atomic E-state index is -0.633. The molecule has 1 heterocycles. The maximum absolute atomic E-state index is 13.2. The lowest BCUT2D eigenvalue weighted by molar-refractivity contribution is -0.117. The van der Waals surface area contributed by atoms with Crippen molar-refractivity contribution in [1.82, 2.24) is 0 Å². The molecule has 0 saturated heterocycles. The Bertz CT molecular complexity index is 1060. The number of rotatable bonds is 6. The molecule has 1 aliphatic rings. The number of benzene rings is 3. The summed E-state index contributed by atoms with van der Waals surface area (Å²) in [4.78, 5) is 13.2. The number of hydrogen-bond acceptors (Lipinski definition) is 5. The van der Waals surface area contributed by atoms with Crippen LogP contribution in [-0.2, 0) is 4.79 Å².